The van der Waals surface area contributed by atoms with Crippen molar-refractivity contribution in [1.82, 2.24) is 19.6 Å². The number of rotatable bonds is 2. The summed E-state index contributed by atoms with van der Waals surface area (Å²) in [6.07, 6.45) is 2.52. The maximum absolute atomic E-state index is 10.6. The van der Waals surface area contributed by atoms with E-state index in [0.29, 0.717) is 0 Å². The molecule has 10 heteroatoms. The Kier molecular flexibility index (Phi) is 6.49. The Morgan fingerprint density at radius 1 is 0.808 bits per heavy atom. The highest BCUT2D eigenvalue weighted by atomic mass is 35.5. The molecule has 0 saturated carbocycles. The van der Waals surface area contributed by atoms with Crippen molar-refractivity contribution in [1.29, 1.82) is 0 Å². The molecule has 0 unspecified atom stereocenters. The number of carboxylic acids is 2. The number of aromatic carboxylic acids is 2. The molecule has 0 aliphatic carbocycles. The molecule has 144 valence electrons. The predicted molar refractivity (Wildman–Crippen MR) is 98.4 cm³/mol. The second-order valence-electron chi connectivity index (χ2n) is 7.47. The molecule has 2 rings (SSSR count). The van der Waals surface area contributed by atoms with E-state index in [9.17, 15) is 9.59 Å². The quantitative estimate of drug-likeness (QED) is 0.782. The van der Waals surface area contributed by atoms with Gasteiger partial charge < -0.3 is 10.2 Å². The van der Waals surface area contributed by atoms with Crippen LogP contribution in [0.15, 0.2) is 12.4 Å². The lowest BCUT2D eigenvalue weighted by atomic mass is 10.1. The molecule has 8 nitrogen and oxygen atoms in total. The van der Waals surface area contributed by atoms with Gasteiger partial charge in [-0.1, -0.05) is 23.2 Å². The molecule has 0 amide bonds. The maximum atomic E-state index is 10.6. The number of aromatic nitrogens is 4. The fourth-order valence-electron chi connectivity index (χ4n) is 1.89. The summed E-state index contributed by atoms with van der Waals surface area (Å²) >= 11 is 11.6. The van der Waals surface area contributed by atoms with Crippen LogP contribution in [0.1, 0.15) is 62.3 Å². The zero-order valence-electron chi connectivity index (χ0n) is 15.4. The van der Waals surface area contributed by atoms with Crippen LogP contribution in [0.4, 0.5) is 0 Å². The van der Waals surface area contributed by atoms with E-state index in [-0.39, 0.29) is 32.5 Å². The van der Waals surface area contributed by atoms with E-state index in [4.69, 9.17) is 33.4 Å². The van der Waals surface area contributed by atoms with Crippen LogP contribution in [0.5, 0.6) is 0 Å². The number of carboxylic acid groups (broad SMARTS) is 2. The van der Waals surface area contributed by atoms with Gasteiger partial charge in [0.05, 0.1) is 23.5 Å². The summed E-state index contributed by atoms with van der Waals surface area (Å²) < 4.78 is 2.97. The fourth-order valence-corrected chi connectivity index (χ4v) is 2.74. The number of halogens is 2. The van der Waals surface area contributed by atoms with Crippen LogP contribution in [-0.2, 0) is 11.1 Å². The summed E-state index contributed by atoms with van der Waals surface area (Å²) in [6, 6.07) is 0. The number of hydrogen-bond acceptors (Lipinski definition) is 4. The van der Waals surface area contributed by atoms with Crippen LogP contribution in [0.3, 0.4) is 0 Å². The first-order chi connectivity index (χ1) is 11.7. The molecule has 2 heterocycles. The molecule has 0 fully saturated rings. The van der Waals surface area contributed by atoms with Crippen LogP contribution in [0.25, 0.3) is 0 Å². The topological polar surface area (TPSA) is 110 Å². The SMILES string of the molecule is CC(C)(C)n1ncc(C(=O)O)c1Cl.CC(C)(C)n1ncc(C(=O)O)c1Cl. The van der Waals surface area contributed by atoms with E-state index in [1.807, 2.05) is 41.5 Å². The smallest absolute Gasteiger partial charge is 0.340 e. The third kappa shape index (κ3) is 4.98. The molecular formula is C16H22Cl2N4O4. The van der Waals surface area contributed by atoms with E-state index in [1.54, 1.807) is 0 Å². The summed E-state index contributed by atoms with van der Waals surface area (Å²) in [5, 5.41) is 25.6. The monoisotopic (exact) mass is 404 g/mol. The van der Waals surface area contributed by atoms with Gasteiger partial charge in [-0.2, -0.15) is 10.2 Å². The predicted octanol–water partition coefficient (Wildman–Crippen LogP) is 3.98. The Morgan fingerprint density at radius 2 is 1.08 bits per heavy atom. The zero-order valence-corrected chi connectivity index (χ0v) is 16.9. The second-order valence-corrected chi connectivity index (χ2v) is 8.19. The third-order valence-corrected chi connectivity index (χ3v) is 3.88. The minimum absolute atomic E-state index is 0.0385. The molecule has 0 radical (unpaired) electrons. The summed E-state index contributed by atoms with van der Waals surface area (Å²) in [6.45, 7) is 11.4. The van der Waals surface area contributed by atoms with Crippen LogP contribution in [-0.4, -0.2) is 41.7 Å². The fraction of sp³-hybridized carbons (Fsp3) is 0.500. The Morgan fingerprint density at radius 3 is 1.19 bits per heavy atom. The Bertz CT molecular complexity index is 745. The Hall–Kier alpha value is -2.06. The first-order valence-electron chi connectivity index (χ1n) is 7.62. The molecule has 0 aromatic carbocycles. The first kappa shape index (κ1) is 22.0. The summed E-state index contributed by atoms with van der Waals surface area (Å²) in [4.78, 5) is 21.2. The van der Waals surface area contributed by atoms with Gasteiger partial charge in [-0.3, -0.25) is 0 Å². The highest BCUT2D eigenvalue weighted by Gasteiger charge is 2.23. The van der Waals surface area contributed by atoms with Gasteiger partial charge in [-0.15, -0.1) is 0 Å². The number of hydrogen-bond donors (Lipinski definition) is 2. The van der Waals surface area contributed by atoms with Crippen molar-refractivity contribution in [3.05, 3.63) is 33.8 Å². The summed E-state index contributed by atoms with van der Waals surface area (Å²) in [7, 11) is 0. The molecule has 2 aromatic heterocycles. The van der Waals surface area contributed by atoms with E-state index >= 15 is 0 Å². The molecule has 2 aromatic rings. The normalized spacial score (nSPS) is 11.7. The number of carbonyl (C=O) groups is 2. The van der Waals surface area contributed by atoms with Crippen LogP contribution >= 0.6 is 23.2 Å². The van der Waals surface area contributed by atoms with E-state index < -0.39 is 11.9 Å². The second kappa shape index (κ2) is 7.67. The molecule has 26 heavy (non-hydrogen) atoms. The minimum Gasteiger partial charge on any atom is -0.478 e. The van der Waals surface area contributed by atoms with Crippen molar-refractivity contribution in [3.8, 4) is 0 Å². The van der Waals surface area contributed by atoms with Crippen molar-refractivity contribution >= 4 is 35.1 Å². The lowest BCUT2D eigenvalue weighted by Gasteiger charge is -2.20. The highest BCUT2D eigenvalue weighted by Crippen LogP contribution is 2.24. The van der Waals surface area contributed by atoms with E-state index in [2.05, 4.69) is 10.2 Å². The maximum Gasteiger partial charge on any atom is 0.340 e. The van der Waals surface area contributed by atoms with Gasteiger partial charge in [0.2, 0.25) is 0 Å². The molecule has 0 aliphatic rings. The molecule has 0 spiro atoms. The van der Waals surface area contributed by atoms with Crippen molar-refractivity contribution in [2.75, 3.05) is 0 Å². The number of nitrogens with zero attached hydrogens (tertiary/aromatic N) is 4. The summed E-state index contributed by atoms with van der Waals surface area (Å²) in [5.74, 6) is -2.11. The van der Waals surface area contributed by atoms with E-state index in [1.165, 1.54) is 21.8 Å². The van der Waals surface area contributed by atoms with Gasteiger partial charge in [0.15, 0.2) is 0 Å². The van der Waals surface area contributed by atoms with Gasteiger partial charge >= 0.3 is 11.9 Å². The average Bonchev–Trinajstić information content (AvgIpc) is 3.01. The third-order valence-electron chi connectivity index (χ3n) is 3.15. The highest BCUT2D eigenvalue weighted by molar-refractivity contribution is 6.32. The largest absolute Gasteiger partial charge is 0.478 e. The molecular weight excluding hydrogens is 383 g/mol. The molecule has 0 atom stereocenters. The van der Waals surface area contributed by atoms with Crippen LogP contribution in [0.2, 0.25) is 10.3 Å². The van der Waals surface area contributed by atoms with Crippen molar-refractivity contribution in [3.63, 3.8) is 0 Å². The van der Waals surface area contributed by atoms with Gasteiger partial charge in [-0.05, 0) is 41.5 Å². The Balaban J connectivity index is 0.000000260. The average molecular weight is 405 g/mol. The van der Waals surface area contributed by atoms with Crippen LogP contribution < -0.4 is 0 Å². The standard InChI is InChI=1S/2C8H11ClN2O2/c2*1-8(2,3)11-6(9)5(4-10-11)7(12)13/h2*4H,1-3H3,(H,12,13). The van der Waals surface area contributed by atoms with Gasteiger partial charge in [-0.25, -0.2) is 19.0 Å². The van der Waals surface area contributed by atoms with Crippen molar-refractivity contribution in [2.45, 2.75) is 52.6 Å². The van der Waals surface area contributed by atoms with Crippen molar-refractivity contribution < 1.29 is 19.8 Å². The first-order valence-corrected chi connectivity index (χ1v) is 8.38. The Labute approximate surface area is 161 Å². The van der Waals surface area contributed by atoms with Crippen LogP contribution in [0, 0.1) is 0 Å². The molecule has 2 N–H and O–H groups in total. The molecule has 0 saturated heterocycles. The van der Waals surface area contributed by atoms with E-state index in [0.717, 1.165) is 0 Å². The van der Waals surface area contributed by atoms with Gasteiger partial charge in [0, 0.05) is 0 Å². The molecule has 0 aliphatic heterocycles. The van der Waals surface area contributed by atoms with Gasteiger partial charge in [0.25, 0.3) is 0 Å². The summed E-state index contributed by atoms with van der Waals surface area (Å²) in [5.41, 5.74) is -0.525. The zero-order chi connectivity index (χ0) is 20.4. The van der Waals surface area contributed by atoms with Crippen molar-refractivity contribution in [2.24, 2.45) is 0 Å². The minimum atomic E-state index is -1.06. The molecule has 0 bridgehead atoms. The lowest BCUT2D eigenvalue weighted by molar-refractivity contribution is 0.0686. The van der Waals surface area contributed by atoms with Gasteiger partial charge in [0.1, 0.15) is 21.4 Å². The lowest BCUT2D eigenvalue weighted by Crippen LogP contribution is -2.23.